The number of amides is 1. The number of fused-ring (bicyclic) bond motifs is 2. The van der Waals surface area contributed by atoms with Crippen molar-refractivity contribution in [2.24, 2.45) is 10.7 Å². The average molecular weight is 368 g/mol. The second kappa shape index (κ2) is 6.19. The van der Waals surface area contributed by atoms with Crippen molar-refractivity contribution in [3.63, 3.8) is 0 Å². The van der Waals surface area contributed by atoms with Gasteiger partial charge >= 0.3 is 0 Å². The van der Waals surface area contributed by atoms with Crippen molar-refractivity contribution in [3.05, 3.63) is 65.4 Å². The Labute approximate surface area is 154 Å². The van der Waals surface area contributed by atoms with Crippen LogP contribution < -0.4 is 16.8 Å². The molecular weight excluding hydrogens is 350 g/mol. The molecule has 0 unspecified atom stereocenters. The van der Waals surface area contributed by atoms with Crippen molar-refractivity contribution < 1.29 is 13.6 Å². The Morgan fingerprint density at radius 2 is 2.00 bits per heavy atom. The van der Waals surface area contributed by atoms with Crippen molar-refractivity contribution in [2.75, 3.05) is 11.1 Å². The zero-order valence-corrected chi connectivity index (χ0v) is 14.4. The zero-order valence-electron chi connectivity index (χ0n) is 14.4. The molecule has 0 bridgehead atoms. The largest absolute Gasteiger partial charge is 0.405 e. The topological polar surface area (TPSA) is 93.5 Å². The van der Waals surface area contributed by atoms with Crippen molar-refractivity contribution in [2.45, 2.75) is 24.7 Å². The van der Waals surface area contributed by atoms with Gasteiger partial charge in [0.15, 0.2) is 5.82 Å². The number of nitrogens with zero attached hydrogens (tertiary/aromatic N) is 1. The summed E-state index contributed by atoms with van der Waals surface area (Å²) in [6.07, 6.45) is 5.30. The first kappa shape index (κ1) is 17.2. The molecule has 5 nitrogen and oxygen atoms in total. The fourth-order valence-electron chi connectivity index (χ4n) is 3.70. The van der Waals surface area contributed by atoms with Gasteiger partial charge in [-0.2, -0.15) is 0 Å². The third kappa shape index (κ3) is 2.66. The standard InChI is InChI=1S/C20H18F2N4O/c21-12-2-3-17(14(22)10-12)25-16(4-7-23)11-8-13-18(15(24)9-11)26-19(27)20(13)5-1-6-20/h2-4,7-10H,1,5-6,23-24H2,(H,26,27). The van der Waals surface area contributed by atoms with Gasteiger partial charge in [-0.3, -0.25) is 4.79 Å². The maximum Gasteiger partial charge on any atom is 0.235 e. The van der Waals surface area contributed by atoms with E-state index in [0.29, 0.717) is 22.6 Å². The Morgan fingerprint density at radius 3 is 2.63 bits per heavy atom. The molecule has 27 heavy (non-hydrogen) atoms. The summed E-state index contributed by atoms with van der Waals surface area (Å²) in [5, 5.41) is 2.87. The number of aliphatic imine (C=N–C) groups is 1. The minimum absolute atomic E-state index is 0.0175. The van der Waals surface area contributed by atoms with Crippen LogP contribution in [0.3, 0.4) is 0 Å². The highest BCUT2D eigenvalue weighted by Crippen LogP contribution is 2.52. The molecule has 4 rings (SSSR count). The van der Waals surface area contributed by atoms with Crippen LogP contribution in [0.4, 0.5) is 25.8 Å². The lowest BCUT2D eigenvalue weighted by atomic mass is 9.65. The smallest absolute Gasteiger partial charge is 0.235 e. The summed E-state index contributed by atoms with van der Waals surface area (Å²) in [5.41, 5.74) is 14.0. The van der Waals surface area contributed by atoms with Gasteiger partial charge in [-0.25, -0.2) is 13.8 Å². The van der Waals surface area contributed by atoms with Gasteiger partial charge in [0.2, 0.25) is 5.91 Å². The van der Waals surface area contributed by atoms with Crippen molar-refractivity contribution in [1.82, 2.24) is 0 Å². The lowest BCUT2D eigenvalue weighted by molar-refractivity contribution is -0.123. The SMILES string of the molecule is NC=CC(=Nc1ccc(F)cc1F)c1cc(N)c2c(c1)C1(CCC1)C(=O)N2. The first-order valence-corrected chi connectivity index (χ1v) is 8.62. The number of carbonyl (C=O) groups is 1. The Morgan fingerprint density at radius 1 is 1.22 bits per heavy atom. The van der Waals surface area contributed by atoms with Crippen LogP contribution in [0.2, 0.25) is 0 Å². The van der Waals surface area contributed by atoms with E-state index in [4.69, 9.17) is 11.5 Å². The van der Waals surface area contributed by atoms with E-state index >= 15 is 0 Å². The quantitative estimate of drug-likeness (QED) is 0.572. The number of hydrogen-bond acceptors (Lipinski definition) is 4. The molecule has 1 saturated carbocycles. The Hall–Kier alpha value is -3.22. The first-order chi connectivity index (χ1) is 12.9. The van der Waals surface area contributed by atoms with Gasteiger partial charge in [-0.1, -0.05) is 6.42 Å². The van der Waals surface area contributed by atoms with E-state index in [9.17, 15) is 13.6 Å². The third-order valence-corrected chi connectivity index (χ3v) is 5.27. The van der Waals surface area contributed by atoms with Crippen molar-refractivity contribution >= 4 is 28.7 Å². The molecule has 1 aliphatic carbocycles. The van der Waals surface area contributed by atoms with Crippen LogP contribution in [0.5, 0.6) is 0 Å². The number of rotatable bonds is 3. The second-order valence-electron chi connectivity index (χ2n) is 6.83. The molecule has 2 aliphatic rings. The van der Waals surface area contributed by atoms with Gasteiger partial charge in [0.25, 0.3) is 0 Å². The molecule has 1 spiro atoms. The van der Waals surface area contributed by atoms with E-state index < -0.39 is 17.0 Å². The number of nitrogens with one attached hydrogen (secondary N) is 1. The predicted octanol–water partition coefficient (Wildman–Crippen LogP) is 3.51. The summed E-state index contributed by atoms with van der Waals surface area (Å²) in [7, 11) is 0. The molecule has 2 aromatic carbocycles. The second-order valence-corrected chi connectivity index (χ2v) is 6.83. The van der Waals surface area contributed by atoms with E-state index in [1.54, 1.807) is 6.07 Å². The molecule has 5 N–H and O–H groups in total. The molecule has 0 saturated heterocycles. The zero-order chi connectivity index (χ0) is 19.2. The summed E-state index contributed by atoms with van der Waals surface area (Å²) in [5.74, 6) is -1.50. The van der Waals surface area contributed by atoms with Crippen LogP contribution in [0, 0.1) is 11.6 Å². The molecule has 0 radical (unpaired) electrons. The lowest BCUT2D eigenvalue weighted by Gasteiger charge is -2.36. The number of carbonyl (C=O) groups excluding carboxylic acids is 1. The highest BCUT2D eigenvalue weighted by Gasteiger charge is 2.51. The minimum Gasteiger partial charge on any atom is -0.405 e. The molecule has 138 valence electrons. The molecule has 1 fully saturated rings. The molecule has 7 heteroatoms. The summed E-state index contributed by atoms with van der Waals surface area (Å²) < 4.78 is 27.2. The Kier molecular flexibility index (Phi) is 3.95. The highest BCUT2D eigenvalue weighted by atomic mass is 19.1. The molecule has 0 atom stereocenters. The molecule has 1 heterocycles. The normalized spacial score (nSPS) is 17.9. The highest BCUT2D eigenvalue weighted by molar-refractivity contribution is 6.14. The number of nitrogens with two attached hydrogens (primary N) is 2. The van der Waals surface area contributed by atoms with Crippen molar-refractivity contribution in [3.8, 4) is 0 Å². The van der Waals surface area contributed by atoms with E-state index in [1.165, 1.54) is 18.3 Å². The fourth-order valence-corrected chi connectivity index (χ4v) is 3.70. The number of benzene rings is 2. The van der Waals surface area contributed by atoms with Crippen LogP contribution in [-0.4, -0.2) is 11.6 Å². The van der Waals surface area contributed by atoms with E-state index in [0.717, 1.165) is 37.0 Å². The minimum atomic E-state index is -0.778. The Bertz CT molecular complexity index is 1010. The number of allylic oxidation sites excluding steroid dienone is 1. The summed E-state index contributed by atoms with van der Waals surface area (Å²) >= 11 is 0. The number of anilines is 2. The molecule has 1 amide bonds. The van der Waals surface area contributed by atoms with E-state index in [1.807, 2.05) is 6.07 Å². The van der Waals surface area contributed by atoms with Gasteiger partial charge in [0.1, 0.15) is 5.82 Å². The van der Waals surface area contributed by atoms with Gasteiger partial charge < -0.3 is 16.8 Å². The monoisotopic (exact) mass is 368 g/mol. The summed E-state index contributed by atoms with van der Waals surface area (Å²) in [4.78, 5) is 16.7. The van der Waals surface area contributed by atoms with Gasteiger partial charge in [0.05, 0.1) is 28.2 Å². The maximum atomic E-state index is 14.0. The van der Waals surface area contributed by atoms with Gasteiger partial charge in [-0.15, -0.1) is 0 Å². The van der Waals surface area contributed by atoms with Gasteiger partial charge in [0, 0.05) is 11.6 Å². The molecule has 2 aromatic rings. The van der Waals surface area contributed by atoms with E-state index in [2.05, 4.69) is 10.3 Å². The third-order valence-electron chi connectivity index (χ3n) is 5.27. The lowest BCUT2D eigenvalue weighted by Crippen LogP contribution is -2.40. The van der Waals surface area contributed by atoms with Crippen LogP contribution in [0.15, 0.2) is 47.6 Å². The van der Waals surface area contributed by atoms with Gasteiger partial charge in [-0.05, 0) is 54.9 Å². The molecule has 1 aliphatic heterocycles. The summed E-state index contributed by atoms with van der Waals surface area (Å²) in [6.45, 7) is 0. The van der Waals surface area contributed by atoms with E-state index in [-0.39, 0.29) is 11.6 Å². The van der Waals surface area contributed by atoms with Crippen LogP contribution in [-0.2, 0) is 10.2 Å². The average Bonchev–Trinajstić information content (AvgIpc) is 2.89. The Balaban J connectivity index is 1.85. The number of hydrogen-bond donors (Lipinski definition) is 3. The predicted molar refractivity (Wildman–Crippen MR) is 101 cm³/mol. The summed E-state index contributed by atoms with van der Waals surface area (Å²) in [6, 6.07) is 6.67. The number of halogens is 2. The van der Waals surface area contributed by atoms with Crippen LogP contribution >= 0.6 is 0 Å². The first-order valence-electron chi connectivity index (χ1n) is 8.62. The fraction of sp³-hybridized carbons (Fsp3) is 0.200. The van der Waals surface area contributed by atoms with Crippen LogP contribution in [0.25, 0.3) is 0 Å². The van der Waals surface area contributed by atoms with Crippen LogP contribution in [0.1, 0.15) is 30.4 Å². The molecule has 0 aromatic heterocycles. The van der Waals surface area contributed by atoms with Crippen molar-refractivity contribution in [1.29, 1.82) is 0 Å². The number of nitrogen functional groups attached to an aromatic ring is 1. The maximum absolute atomic E-state index is 14.0. The molecular formula is C20H18F2N4O.